The minimum absolute atomic E-state index is 0.251. The van der Waals surface area contributed by atoms with Gasteiger partial charge in [-0.1, -0.05) is 60.7 Å². The zero-order valence-electron chi connectivity index (χ0n) is 11.2. The van der Waals surface area contributed by atoms with E-state index in [-0.39, 0.29) is 5.82 Å². The summed E-state index contributed by atoms with van der Waals surface area (Å²) in [4.78, 5) is -0.749. The van der Waals surface area contributed by atoms with Crippen LogP contribution in [0.1, 0.15) is 16.7 Å². The van der Waals surface area contributed by atoms with Gasteiger partial charge in [-0.15, -0.1) is 11.6 Å². The highest BCUT2D eigenvalue weighted by Crippen LogP contribution is 2.54. The van der Waals surface area contributed by atoms with Crippen molar-refractivity contribution in [1.82, 2.24) is 0 Å². The monoisotopic (exact) mass is 294 g/mol. The van der Waals surface area contributed by atoms with E-state index >= 15 is 0 Å². The van der Waals surface area contributed by atoms with E-state index < -0.39 is 4.87 Å². The van der Waals surface area contributed by atoms with Gasteiger partial charge < -0.3 is 0 Å². The summed E-state index contributed by atoms with van der Waals surface area (Å²) in [5.41, 5.74) is 5.29. The second kappa shape index (κ2) is 4.44. The first-order valence-corrected chi connectivity index (χ1v) is 7.23. The van der Waals surface area contributed by atoms with Crippen LogP contribution in [0.25, 0.3) is 11.1 Å². The van der Waals surface area contributed by atoms with Gasteiger partial charge in [0.15, 0.2) is 0 Å². The fourth-order valence-electron chi connectivity index (χ4n) is 3.17. The first-order chi connectivity index (χ1) is 10.2. The van der Waals surface area contributed by atoms with E-state index in [9.17, 15) is 4.39 Å². The molecule has 1 aliphatic carbocycles. The van der Waals surface area contributed by atoms with Gasteiger partial charge in [-0.3, -0.25) is 0 Å². The molecule has 0 spiro atoms. The van der Waals surface area contributed by atoms with Gasteiger partial charge in [0, 0.05) is 0 Å². The summed E-state index contributed by atoms with van der Waals surface area (Å²) in [5.74, 6) is -0.251. The molecule has 0 bridgehead atoms. The normalized spacial score (nSPS) is 14.6. The third-order valence-electron chi connectivity index (χ3n) is 4.13. The van der Waals surface area contributed by atoms with Gasteiger partial charge >= 0.3 is 0 Å². The van der Waals surface area contributed by atoms with E-state index in [1.54, 1.807) is 12.1 Å². The molecule has 1 aliphatic rings. The number of fused-ring (bicyclic) bond motifs is 3. The fourth-order valence-corrected chi connectivity index (χ4v) is 3.63. The summed E-state index contributed by atoms with van der Waals surface area (Å²) in [6.07, 6.45) is 0. The lowest BCUT2D eigenvalue weighted by Gasteiger charge is -2.25. The van der Waals surface area contributed by atoms with Crippen LogP contribution >= 0.6 is 11.6 Å². The molecule has 0 aromatic heterocycles. The Bertz CT molecular complexity index is 775. The summed E-state index contributed by atoms with van der Waals surface area (Å²) in [6, 6.07) is 22.7. The van der Waals surface area contributed by atoms with E-state index in [0.717, 1.165) is 27.8 Å². The number of hydrogen-bond donors (Lipinski definition) is 0. The average Bonchev–Trinajstić information content (AvgIpc) is 2.80. The molecule has 0 nitrogen and oxygen atoms in total. The molecule has 0 radical (unpaired) electrons. The van der Waals surface area contributed by atoms with Crippen molar-refractivity contribution >= 4 is 11.6 Å². The van der Waals surface area contributed by atoms with Crippen molar-refractivity contribution < 1.29 is 4.39 Å². The van der Waals surface area contributed by atoms with Gasteiger partial charge in [0.1, 0.15) is 10.7 Å². The maximum atomic E-state index is 13.2. The quantitative estimate of drug-likeness (QED) is 0.532. The van der Waals surface area contributed by atoms with Crippen LogP contribution in [0.2, 0.25) is 0 Å². The Kier molecular flexibility index (Phi) is 2.66. The third kappa shape index (κ3) is 1.68. The van der Waals surface area contributed by atoms with E-state index in [4.69, 9.17) is 11.6 Å². The molecule has 3 aromatic rings. The van der Waals surface area contributed by atoms with Crippen molar-refractivity contribution in [3.8, 4) is 11.1 Å². The first kappa shape index (κ1) is 12.6. The molecule has 0 heterocycles. The molecule has 0 saturated carbocycles. The smallest absolute Gasteiger partial charge is 0.123 e. The zero-order chi connectivity index (χ0) is 14.4. The van der Waals surface area contributed by atoms with Gasteiger partial charge in [0.25, 0.3) is 0 Å². The van der Waals surface area contributed by atoms with E-state index in [1.165, 1.54) is 12.1 Å². The summed E-state index contributed by atoms with van der Waals surface area (Å²) < 4.78 is 13.2. The van der Waals surface area contributed by atoms with Crippen LogP contribution in [0.5, 0.6) is 0 Å². The highest BCUT2D eigenvalue weighted by molar-refractivity contribution is 6.30. The average molecular weight is 295 g/mol. The number of hydrogen-bond acceptors (Lipinski definition) is 0. The van der Waals surface area contributed by atoms with Gasteiger partial charge in [0.05, 0.1) is 0 Å². The van der Waals surface area contributed by atoms with Crippen molar-refractivity contribution in [2.45, 2.75) is 4.87 Å². The fraction of sp³-hybridized carbons (Fsp3) is 0.0526. The molecule has 0 saturated heterocycles. The predicted molar refractivity (Wildman–Crippen MR) is 84.0 cm³/mol. The molecule has 0 atom stereocenters. The molecule has 0 N–H and O–H groups in total. The summed E-state index contributed by atoms with van der Waals surface area (Å²) in [7, 11) is 0. The van der Waals surface area contributed by atoms with Gasteiger partial charge in [-0.05, 0) is 39.9 Å². The number of alkyl halides is 1. The zero-order valence-corrected chi connectivity index (χ0v) is 11.9. The lowest BCUT2D eigenvalue weighted by atomic mass is 9.88. The van der Waals surface area contributed by atoms with Crippen molar-refractivity contribution in [2.24, 2.45) is 0 Å². The molecule has 0 aliphatic heterocycles. The summed E-state index contributed by atoms with van der Waals surface area (Å²) >= 11 is 7.09. The molecular formula is C19H12ClF. The van der Waals surface area contributed by atoms with Crippen LogP contribution in [-0.4, -0.2) is 0 Å². The lowest BCUT2D eigenvalue weighted by molar-refractivity contribution is 0.626. The Hall–Kier alpha value is -2.12. The Morgan fingerprint density at radius 1 is 0.667 bits per heavy atom. The minimum atomic E-state index is -0.749. The Balaban J connectivity index is 2.06. The van der Waals surface area contributed by atoms with Crippen molar-refractivity contribution in [3.63, 3.8) is 0 Å². The lowest BCUT2D eigenvalue weighted by Crippen LogP contribution is -2.19. The molecular weight excluding hydrogens is 283 g/mol. The van der Waals surface area contributed by atoms with E-state index in [1.807, 2.05) is 36.4 Å². The molecule has 0 amide bonds. The highest BCUT2D eigenvalue weighted by Gasteiger charge is 2.42. The highest BCUT2D eigenvalue weighted by atomic mass is 35.5. The van der Waals surface area contributed by atoms with Crippen LogP contribution in [0.3, 0.4) is 0 Å². The summed E-state index contributed by atoms with van der Waals surface area (Å²) in [6.45, 7) is 0. The van der Waals surface area contributed by atoms with Crippen molar-refractivity contribution in [2.75, 3.05) is 0 Å². The SMILES string of the molecule is Fc1ccc(C2(Cl)c3ccccc3-c3ccccc32)cc1. The van der Waals surface area contributed by atoms with Crippen LogP contribution in [0, 0.1) is 5.82 Å². The van der Waals surface area contributed by atoms with Crippen LogP contribution in [0.15, 0.2) is 72.8 Å². The molecule has 4 rings (SSSR count). The van der Waals surface area contributed by atoms with Crippen LogP contribution < -0.4 is 0 Å². The van der Waals surface area contributed by atoms with Crippen LogP contribution in [0.4, 0.5) is 4.39 Å². The van der Waals surface area contributed by atoms with Gasteiger partial charge in [-0.2, -0.15) is 0 Å². The van der Waals surface area contributed by atoms with Crippen LogP contribution in [-0.2, 0) is 4.87 Å². The summed E-state index contributed by atoms with van der Waals surface area (Å²) in [5, 5.41) is 0. The van der Waals surface area contributed by atoms with Gasteiger partial charge in [0.2, 0.25) is 0 Å². The van der Waals surface area contributed by atoms with Crippen molar-refractivity contribution in [3.05, 3.63) is 95.3 Å². The molecule has 0 unspecified atom stereocenters. The first-order valence-electron chi connectivity index (χ1n) is 6.85. The Morgan fingerprint density at radius 3 is 1.67 bits per heavy atom. The molecule has 21 heavy (non-hydrogen) atoms. The van der Waals surface area contributed by atoms with Crippen molar-refractivity contribution in [1.29, 1.82) is 0 Å². The van der Waals surface area contributed by atoms with E-state index in [0.29, 0.717) is 0 Å². The Labute approximate surface area is 127 Å². The predicted octanol–water partition coefficient (Wildman–Crippen LogP) is 5.34. The minimum Gasteiger partial charge on any atom is -0.207 e. The number of rotatable bonds is 1. The Morgan fingerprint density at radius 2 is 1.14 bits per heavy atom. The largest absolute Gasteiger partial charge is 0.207 e. The second-order valence-electron chi connectivity index (χ2n) is 5.26. The second-order valence-corrected chi connectivity index (χ2v) is 5.82. The third-order valence-corrected chi connectivity index (χ3v) is 4.75. The number of halogens is 2. The molecule has 0 fully saturated rings. The maximum Gasteiger partial charge on any atom is 0.123 e. The number of benzene rings is 3. The van der Waals surface area contributed by atoms with Gasteiger partial charge in [-0.25, -0.2) is 4.39 Å². The molecule has 3 aromatic carbocycles. The maximum absolute atomic E-state index is 13.2. The molecule has 2 heteroatoms. The topological polar surface area (TPSA) is 0 Å². The standard InChI is InChI=1S/C19H12ClF/c20-19(13-9-11-14(21)12-10-13)17-7-3-1-5-15(17)16-6-2-4-8-18(16)19/h1-12H. The van der Waals surface area contributed by atoms with E-state index in [2.05, 4.69) is 12.1 Å². The molecule has 102 valence electrons.